The predicted octanol–water partition coefficient (Wildman–Crippen LogP) is 14.6. The molecule has 6 heteroatoms. The molecular formula is C47H90O6. The van der Waals surface area contributed by atoms with Gasteiger partial charge in [-0.2, -0.15) is 0 Å². The summed E-state index contributed by atoms with van der Waals surface area (Å²) in [5, 5.41) is 0. The second-order valence-electron chi connectivity index (χ2n) is 17.0. The summed E-state index contributed by atoms with van der Waals surface area (Å²) in [4.78, 5) is 37.7. The third-order valence-corrected chi connectivity index (χ3v) is 10.5. The number of hydrogen-bond donors (Lipinski definition) is 0. The molecule has 0 aliphatic heterocycles. The van der Waals surface area contributed by atoms with Crippen molar-refractivity contribution >= 4 is 17.9 Å². The van der Waals surface area contributed by atoms with E-state index < -0.39 is 6.10 Å². The van der Waals surface area contributed by atoms with Gasteiger partial charge in [-0.25, -0.2) is 0 Å². The highest BCUT2D eigenvalue weighted by molar-refractivity contribution is 5.71. The van der Waals surface area contributed by atoms with E-state index in [0.717, 1.165) is 69.6 Å². The quantitative estimate of drug-likeness (QED) is 0.0352. The molecule has 0 fully saturated rings. The van der Waals surface area contributed by atoms with Crippen molar-refractivity contribution in [1.29, 1.82) is 0 Å². The van der Waals surface area contributed by atoms with E-state index in [-0.39, 0.29) is 31.1 Å². The van der Waals surface area contributed by atoms with Crippen LogP contribution in [0.15, 0.2) is 0 Å². The Kier molecular flexibility index (Phi) is 38.9. The van der Waals surface area contributed by atoms with Crippen molar-refractivity contribution in [3.63, 3.8) is 0 Å². The molecule has 0 aliphatic carbocycles. The molecule has 0 amide bonds. The summed E-state index contributed by atoms with van der Waals surface area (Å²) in [7, 11) is 0. The first kappa shape index (κ1) is 51.4. The van der Waals surface area contributed by atoms with E-state index in [2.05, 4.69) is 34.6 Å². The standard InChI is InChI=1S/C47H90O6/c1-6-7-8-9-10-11-12-13-18-23-29-34-39-47(50)53-44(41-52-46(49)38-33-28-24-19-21-26-31-36-43(4)5)40-51-45(48)37-32-27-22-17-15-14-16-20-25-30-35-42(2)3/h42-44H,6-41H2,1-5H3/t44-/m1/s1. The van der Waals surface area contributed by atoms with E-state index in [0.29, 0.717) is 19.3 Å². The minimum absolute atomic E-state index is 0.0652. The highest BCUT2D eigenvalue weighted by Crippen LogP contribution is 2.16. The van der Waals surface area contributed by atoms with Gasteiger partial charge < -0.3 is 14.2 Å². The van der Waals surface area contributed by atoms with E-state index in [1.165, 1.54) is 141 Å². The van der Waals surface area contributed by atoms with Crippen LogP contribution in [0.25, 0.3) is 0 Å². The largest absolute Gasteiger partial charge is 0.462 e. The molecule has 0 aromatic rings. The van der Waals surface area contributed by atoms with Crippen molar-refractivity contribution < 1.29 is 28.6 Å². The van der Waals surface area contributed by atoms with Gasteiger partial charge in [-0.1, -0.05) is 214 Å². The topological polar surface area (TPSA) is 78.9 Å². The summed E-state index contributed by atoms with van der Waals surface area (Å²) in [6.07, 6.45) is 38.1. The van der Waals surface area contributed by atoms with E-state index in [4.69, 9.17) is 14.2 Å². The summed E-state index contributed by atoms with van der Waals surface area (Å²) in [5.74, 6) is 0.741. The van der Waals surface area contributed by atoms with Gasteiger partial charge in [0.25, 0.3) is 0 Å². The summed E-state index contributed by atoms with van der Waals surface area (Å²) < 4.78 is 16.7. The minimum Gasteiger partial charge on any atom is -0.462 e. The van der Waals surface area contributed by atoms with Gasteiger partial charge in [-0.15, -0.1) is 0 Å². The zero-order chi connectivity index (χ0) is 39.0. The summed E-state index contributed by atoms with van der Waals surface area (Å²) in [6, 6.07) is 0. The molecule has 0 rings (SSSR count). The molecule has 314 valence electrons. The van der Waals surface area contributed by atoms with Crippen molar-refractivity contribution in [2.45, 2.75) is 259 Å². The number of ether oxygens (including phenoxy) is 3. The first-order chi connectivity index (χ1) is 25.7. The van der Waals surface area contributed by atoms with E-state index >= 15 is 0 Å². The van der Waals surface area contributed by atoms with Gasteiger partial charge in [0, 0.05) is 19.3 Å². The molecule has 0 spiro atoms. The van der Waals surface area contributed by atoms with Crippen molar-refractivity contribution in [1.82, 2.24) is 0 Å². The van der Waals surface area contributed by atoms with Crippen LogP contribution in [0.4, 0.5) is 0 Å². The maximum atomic E-state index is 12.7. The highest BCUT2D eigenvalue weighted by atomic mass is 16.6. The Morgan fingerprint density at radius 2 is 0.623 bits per heavy atom. The maximum Gasteiger partial charge on any atom is 0.306 e. The fourth-order valence-corrected chi connectivity index (χ4v) is 6.93. The minimum atomic E-state index is -0.760. The van der Waals surface area contributed by atoms with E-state index in [9.17, 15) is 14.4 Å². The SMILES string of the molecule is CCCCCCCCCCCCCCC(=O)O[C@H](COC(=O)CCCCCCCCCCCCC(C)C)COC(=O)CCCCCCCCCC(C)C. The first-order valence-electron chi connectivity index (χ1n) is 23.2. The third-order valence-electron chi connectivity index (χ3n) is 10.5. The Morgan fingerprint density at radius 3 is 0.925 bits per heavy atom. The lowest BCUT2D eigenvalue weighted by Crippen LogP contribution is -2.30. The molecule has 0 saturated carbocycles. The Hall–Kier alpha value is -1.59. The summed E-state index contributed by atoms with van der Waals surface area (Å²) in [6.45, 7) is 11.3. The molecule has 0 aliphatic rings. The van der Waals surface area contributed by atoms with Crippen molar-refractivity contribution in [2.75, 3.05) is 13.2 Å². The summed E-state index contributed by atoms with van der Waals surface area (Å²) >= 11 is 0. The number of carbonyl (C=O) groups excluding carboxylic acids is 3. The molecule has 53 heavy (non-hydrogen) atoms. The average molecular weight is 751 g/mol. The molecule has 0 heterocycles. The highest BCUT2D eigenvalue weighted by Gasteiger charge is 2.19. The lowest BCUT2D eigenvalue weighted by atomic mass is 10.0. The van der Waals surface area contributed by atoms with Crippen LogP contribution in [0.1, 0.15) is 253 Å². The lowest BCUT2D eigenvalue weighted by molar-refractivity contribution is -0.167. The number of rotatable bonds is 41. The van der Waals surface area contributed by atoms with Gasteiger partial charge in [0.2, 0.25) is 0 Å². The molecular weight excluding hydrogens is 661 g/mol. The van der Waals surface area contributed by atoms with Crippen LogP contribution in [0, 0.1) is 11.8 Å². The predicted molar refractivity (Wildman–Crippen MR) is 224 cm³/mol. The van der Waals surface area contributed by atoms with Crippen LogP contribution in [0.5, 0.6) is 0 Å². The average Bonchev–Trinajstić information content (AvgIpc) is 3.12. The Labute approximate surface area is 329 Å². The van der Waals surface area contributed by atoms with Crippen LogP contribution in [-0.2, 0) is 28.6 Å². The first-order valence-corrected chi connectivity index (χ1v) is 23.2. The molecule has 0 unspecified atom stereocenters. The Morgan fingerprint density at radius 1 is 0.358 bits per heavy atom. The molecule has 0 aromatic heterocycles. The molecule has 0 N–H and O–H groups in total. The number of unbranched alkanes of at least 4 members (excludes halogenated alkanes) is 26. The molecule has 0 bridgehead atoms. The lowest BCUT2D eigenvalue weighted by Gasteiger charge is -2.18. The van der Waals surface area contributed by atoms with Gasteiger partial charge in [-0.05, 0) is 31.1 Å². The zero-order valence-electron chi connectivity index (χ0n) is 36.1. The normalized spacial score (nSPS) is 12.1. The number of esters is 3. The van der Waals surface area contributed by atoms with Gasteiger partial charge in [0.05, 0.1) is 0 Å². The zero-order valence-corrected chi connectivity index (χ0v) is 36.1. The van der Waals surface area contributed by atoms with Crippen LogP contribution in [-0.4, -0.2) is 37.2 Å². The van der Waals surface area contributed by atoms with Crippen molar-refractivity contribution in [3.8, 4) is 0 Å². The van der Waals surface area contributed by atoms with E-state index in [1.54, 1.807) is 0 Å². The Bertz CT molecular complexity index is 809. The second-order valence-corrected chi connectivity index (χ2v) is 17.0. The van der Waals surface area contributed by atoms with Crippen LogP contribution in [0.2, 0.25) is 0 Å². The van der Waals surface area contributed by atoms with Crippen LogP contribution >= 0.6 is 0 Å². The molecule has 0 saturated heterocycles. The van der Waals surface area contributed by atoms with Crippen molar-refractivity contribution in [3.05, 3.63) is 0 Å². The Balaban J connectivity index is 4.33. The van der Waals surface area contributed by atoms with Gasteiger partial charge >= 0.3 is 17.9 Å². The second kappa shape index (κ2) is 40.1. The van der Waals surface area contributed by atoms with Crippen LogP contribution < -0.4 is 0 Å². The molecule has 1 atom stereocenters. The number of hydrogen-bond acceptors (Lipinski definition) is 6. The van der Waals surface area contributed by atoms with Gasteiger partial charge in [0.1, 0.15) is 13.2 Å². The fourth-order valence-electron chi connectivity index (χ4n) is 6.93. The molecule has 6 nitrogen and oxygen atoms in total. The number of carbonyl (C=O) groups is 3. The smallest absolute Gasteiger partial charge is 0.306 e. The van der Waals surface area contributed by atoms with E-state index in [1.807, 2.05) is 0 Å². The molecule has 0 aromatic carbocycles. The van der Waals surface area contributed by atoms with Crippen molar-refractivity contribution in [2.24, 2.45) is 11.8 Å². The summed E-state index contributed by atoms with van der Waals surface area (Å²) in [5.41, 5.74) is 0. The molecule has 0 radical (unpaired) electrons. The maximum absolute atomic E-state index is 12.7. The monoisotopic (exact) mass is 751 g/mol. The van der Waals surface area contributed by atoms with Gasteiger partial charge in [-0.3, -0.25) is 14.4 Å². The third kappa shape index (κ3) is 41.4. The van der Waals surface area contributed by atoms with Gasteiger partial charge in [0.15, 0.2) is 6.10 Å². The fraction of sp³-hybridized carbons (Fsp3) is 0.936. The van der Waals surface area contributed by atoms with Crippen LogP contribution in [0.3, 0.4) is 0 Å².